The number of carbonyl (C=O) groups excluding carboxylic acids is 1. The van der Waals surface area contributed by atoms with Gasteiger partial charge in [-0.15, -0.1) is 0 Å². The lowest BCUT2D eigenvalue weighted by molar-refractivity contribution is -0.202. The SMILES string of the molecule is NC1(N)CC(=O)OC1(N)O. The fraction of sp³-hybridized carbons (Fsp3) is 0.750. The summed E-state index contributed by atoms with van der Waals surface area (Å²) in [6.45, 7) is 0. The van der Waals surface area contributed by atoms with Crippen molar-refractivity contribution in [1.82, 2.24) is 0 Å². The number of rotatable bonds is 0. The summed E-state index contributed by atoms with van der Waals surface area (Å²) in [5, 5.41) is 8.98. The van der Waals surface area contributed by atoms with E-state index in [1.165, 1.54) is 0 Å². The van der Waals surface area contributed by atoms with Gasteiger partial charge in [0.2, 0.25) is 0 Å². The molecule has 1 aliphatic heterocycles. The summed E-state index contributed by atoms with van der Waals surface area (Å²) in [7, 11) is 0. The van der Waals surface area contributed by atoms with Crippen molar-refractivity contribution in [2.45, 2.75) is 18.0 Å². The highest BCUT2D eigenvalue weighted by molar-refractivity contribution is 5.74. The zero-order valence-corrected chi connectivity index (χ0v) is 5.20. The summed E-state index contributed by atoms with van der Waals surface area (Å²) in [6, 6.07) is 0. The molecule has 1 fully saturated rings. The molecule has 1 rings (SSSR count). The average Bonchev–Trinajstić information content (AvgIpc) is 1.73. The van der Waals surface area contributed by atoms with Gasteiger partial charge in [-0.1, -0.05) is 0 Å². The number of aliphatic hydroxyl groups is 1. The van der Waals surface area contributed by atoms with Gasteiger partial charge in [-0.05, 0) is 0 Å². The molecule has 0 bridgehead atoms. The predicted octanol–water partition coefficient (Wildman–Crippen LogP) is -2.85. The third-order valence-electron chi connectivity index (χ3n) is 1.37. The first kappa shape index (κ1) is 7.42. The number of hydrogen-bond donors (Lipinski definition) is 4. The molecular formula is C4H9N3O3. The fourth-order valence-electron chi connectivity index (χ4n) is 0.670. The molecule has 0 aromatic carbocycles. The Hall–Kier alpha value is -0.690. The van der Waals surface area contributed by atoms with Crippen LogP contribution in [-0.2, 0) is 9.53 Å². The molecule has 1 saturated heterocycles. The highest BCUT2D eigenvalue weighted by Crippen LogP contribution is 2.23. The van der Waals surface area contributed by atoms with Gasteiger partial charge in [0.1, 0.15) is 0 Å². The van der Waals surface area contributed by atoms with Crippen molar-refractivity contribution in [3.63, 3.8) is 0 Å². The number of esters is 1. The highest BCUT2D eigenvalue weighted by atomic mass is 16.7. The number of nitrogens with two attached hydrogens (primary N) is 3. The number of cyclic esters (lactones) is 1. The monoisotopic (exact) mass is 147 g/mol. The molecule has 6 heteroatoms. The first-order valence-electron chi connectivity index (χ1n) is 2.66. The van der Waals surface area contributed by atoms with Crippen molar-refractivity contribution in [3.05, 3.63) is 0 Å². The lowest BCUT2D eigenvalue weighted by Gasteiger charge is -2.27. The van der Waals surface area contributed by atoms with Gasteiger partial charge in [-0.2, -0.15) is 0 Å². The molecule has 0 amide bonds. The maximum Gasteiger partial charge on any atom is 0.312 e. The molecule has 1 atom stereocenters. The van der Waals surface area contributed by atoms with Crippen LogP contribution in [0.1, 0.15) is 6.42 Å². The Morgan fingerprint density at radius 1 is 1.50 bits per heavy atom. The summed E-state index contributed by atoms with van der Waals surface area (Å²) in [4.78, 5) is 10.5. The molecule has 6 nitrogen and oxygen atoms in total. The van der Waals surface area contributed by atoms with Crippen LogP contribution >= 0.6 is 0 Å². The number of ether oxygens (including phenoxy) is 1. The van der Waals surface area contributed by atoms with Crippen molar-refractivity contribution in [3.8, 4) is 0 Å². The second-order valence-corrected chi connectivity index (χ2v) is 2.39. The van der Waals surface area contributed by atoms with Crippen molar-refractivity contribution in [2.24, 2.45) is 17.2 Å². The van der Waals surface area contributed by atoms with Crippen molar-refractivity contribution in [2.75, 3.05) is 0 Å². The van der Waals surface area contributed by atoms with E-state index in [0.717, 1.165) is 0 Å². The Bertz CT molecular complexity index is 159. The van der Waals surface area contributed by atoms with E-state index in [9.17, 15) is 4.79 Å². The van der Waals surface area contributed by atoms with E-state index in [2.05, 4.69) is 4.74 Å². The molecule has 0 spiro atoms. The molecule has 0 aromatic rings. The van der Waals surface area contributed by atoms with E-state index in [1.54, 1.807) is 0 Å². The van der Waals surface area contributed by atoms with Crippen molar-refractivity contribution in [1.29, 1.82) is 0 Å². The van der Waals surface area contributed by atoms with Gasteiger partial charge in [-0.25, -0.2) is 0 Å². The third kappa shape index (κ3) is 0.868. The summed E-state index contributed by atoms with van der Waals surface area (Å²) in [5.41, 5.74) is 13.7. The molecule has 1 heterocycles. The average molecular weight is 147 g/mol. The minimum Gasteiger partial charge on any atom is -0.416 e. The van der Waals surface area contributed by atoms with E-state index in [0.29, 0.717) is 0 Å². The fourth-order valence-corrected chi connectivity index (χ4v) is 0.670. The zero-order chi connectivity index (χ0) is 7.99. The molecular weight excluding hydrogens is 138 g/mol. The molecule has 0 radical (unpaired) electrons. The Morgan fingerprint density at radius 3 is 2.10 bits per heavy atom. The van der Waals surface area contributed by atoms with Crippen LogP contribution in [0.2, 0.25) is 0 Å². The lowest BCUT2D eigenvalue weighted by Crippen LogP contribution is -2.68. The Kier molecular flexibility index (Phi) is 1.24. The predicted molar refractivity (Wildman–Crippen MR) is 31.0 cm³/mol. The smallest absolute Gasteiger partial charge is 0.312 e. The van der Waals surface area contributed by atoms with E-state index in [4.69, 9.17) is 22.3 Å². The molecule has 1 unspecified atom stereocenters. The van der Waals surface area contributed by atoms with Crippen molar-refractivity contribution < 1.29 is 14.6 Å². The van der Waals surface area contributed by atoms with Gasteiger partial charge in [0.25, 0.3) is 0 Å². The van der Waals surface area contributed by atoms with Crippen LogP contribution in [0.15, 0.2) is 0 Å². The van der Waals surface area contributed by atoms with Crippen LogP contribution in [0, 0.1) is 0 Å². The van der Waals surface area contributed by atoms with E-state index in [-0.39, 0.29) is 6.42 Å². The maximum atomic E-state index is 10.5. The summed E-state index contributed by atoms with van der Waals surface area (Å²) in [6.07, 6.45) is -0.278. The molecule has 7 N–H and O–H groups in total. The number of hydrogen-bond acceptors (Lipinski definition) is 6. The molecule has 0 aliphatic carbocycles. The quantitative estimate of drug-likeness (QED) is 0.216. The Labute approximate surface area is 56.9 Å². The second kappa shape index (κ2) is 1.67. The zero-order valence-electron chi connectivity index (χ0n) is 5.20. The van der Waals surface area contributed by atoms with Gasteiger partial charge in [0.15, 0.2) is 5.66 Å². The van der Waals surface area contributed by atoms with E-state index in [1.807, 2.05) is 0 Å². The van der Waals surface area contributed by atoms with Crippen LogP contribution in [-0.4, -0.2) is 22.6 Å². The molecule has 0 saturated carbocycles. The minimum absolute atomic E-state index is 0.278. The second-order valence-electron chi connectivity index (χ2n) is 2.39. The van der Waals surface area contributed by atoms with Crippen LogP contribution < -0.4 is 17.2 Å². The minimum atomic E-state index is -2.23. The summed E-state index contributed by atoms with van der Waals surface area (Å²) < 4.78 is 4.21. The van der Waals surface area contributed by atoms with Crippen LogP contribution in [0.4, 0.5) is 0 Å². The molecule has 0 aromatic heterocycles. The third-order valence-corrected chi connectivity index (χ3v) is 1.37. The van der Waals surface area contributed by atoms with E-state index < -0.39 is 17.5 Å². The molecule has 1 aliphatic rings. The number of carbonyl (C=O) groups is 1. The normalized spacial score (nSPS) is 37.8. The van der Waals surface area contributed by atoms with Gasteiger partial charge >= 0.3 is 11.9 Å². The van der Waals surface area contributed by atoms with Crippen LogP contribution in [0.3, 0.4) is 0 Å². The van der Waals surface area contributed by atoms with Gasteiger partial charge in [-0.3, -0.25) is 10.5 Å². The first-order valence-corrected chi connectivity index (χ1v) is 2.66. The van der Waals surface area contributed by atoms with Crippen LogP contribution in [0.25, 0.3) is 0 Å². The molecule has 58 valence electrons. The highest BCUT2D eigenvalue weighted by Gasteiger charge is 2.53. The first-order chi connectivity index (χ1) is 4.35. The van der Waals surface area contributed by atoms with Crippen molar-refractivity contribution >= 4 is 5.97 Å². The Morgan fingerprint density at radius 2 is 2.00 bits per heavy atom. The maximum absolute atomic E-state index is 10.5. The largest absolute Gasteiger partial charge is 0.416 e. The topological polar surface area (TPSA) is 125 Å². The summed E-state index contributed by atoms with van der Waals surface area (Å²) in [5.74, 6) is -2.93. The van der Waals surface area contributed by atoms with E-state index >= 15 is 0 Å². The Balaban J connectivity index is 2.88. The standard InChI is InChI=1S/C4H9N3O3/c5-3(6)1-2(8)10-4(3,7)9/h9H,1,5-7H2. The summed E-state index contributed by atoms with van der Waals surface area (Å²) >= 11 is 0. The van der Waals surface area contributed by atoms with Gasteiger partial charge in [0.05, 0.1) is 6.42 Å². The lowest BCUT2D eigenvalue weighted by atomic mass is 10.1. The molecule has 10 heavy (non-hydrogen) atoms. The van der Waals surface area contributed by atoms with Gasteiger partial charge in [0, 0.05) is 0 Å². The van der Waals surface area contributed by atoms with Crippen LogP contribution in [0.5, 0.6) is 0 Å². The van der Waals surface area contributed by atoms with Gasteiger partial charge < -0.3 is 21.3 Å².